The second-order valence-corrected chi connectivity index (χ2v) is 4.91. The number of aliphatic hydroxyl groups is 1. The van der Waals surface area contributed by atoms with Crippen molar-refractivity contribution in [2.75, 3.05) is 0 Å². The van der Waals surface area contributed by atoms with Crippen LogP contribution in [0.15, 0.2) is 53.6 Å². The normalized spacial score (nSPS) is 12.3. The number of hydrazone groups is 1. The number of aryl methyl sites for hydroxylation is 2. The molecule has 0 radical (unpaired) electrons. The molecule has 1 unspecified atom stereocenters. The predicted molar refractivity (Wildman–Crippen MR) is 83.1 cm³/mol. The number of nitrogens with one attached hydrogen (secondary N) is 1. The van der Waals surface area contributed by atoms with Gasteiger partial charge in [-0.1, -0.05) is 54.1 Å². The SMILES string of the molecule is Cc1ccc(/C=N/NC(=O)C(O)c2ccccc2)c(C)c1. The second-order valence-electron chi connectivity index (χ2n) is 4.91. The summed E-state index contributed by atoms with van der Waals surface area (Å²) in [6, 6.07) is 14.7. The van der Waals surface area contributed by atoms with Crippen molar-refractivity contribution < 1.29 is 9.90 Å². The minimum Gasteiger partial charge on any atom is -0.378 e. The van der Waals surface area contributed by atoms with Crippen molar-refractivity contribution in [3.05, 3.63) is 70.8 Å². The number of benzene rings is 2. The van der Waals surface area contributed by atoms with E-state index >= 15 is 0 Å². The molecule has 4 nitrogen and oxygen atoms in total. The van der Waals surface area contributed by atoms with Crippen LogP contribution in [0.2, 0.25) is 0 Å². The standard InChI is InChI=1S/C17H18N2O2/c1-12-8-9-15(13(2)10-12)11-18-19-17(21)16(20)14-6-4-3-5-7-14/h3-11,16,20H,1-2H3,(H,19,21)/b18-11+. The van der Waals surface area contributed by atoms with E-state index in [1.165, 1.54) is 5.56 Å². The molecule has 0 aliphatic heterocycles. The van der Waals surface area contributed by atoms with Gasteiger partial charge < -0.3 is 5.11 Å². The molecular weight excluding hydrogens is 264 g/mol. The largest absolute Gasteiger partial charge is 0.378 e. The zero-order valence-corrected chi connectivity index (χ0v) is 12.1. The highest BCUT2D eigenvalue weighted by molar-refractivity contribution is 5.85. The topological polar surface area (TPSA) is 61.7 Å². The maximum atomic E-state index is 11.8. The lowest BCUT2D eigenvalue weighted by Crippen LogP contribution is -2.25. The van der Waals surface area contributed by atoms with Crippen molar-refractivity contribution in [2.24, 2.45) is 5.10 Å². The predicted octanol–water partition coefficient (Wildman–Crippen LogP) is 2.49. The molecule has 108 valence electrons. The molecule has 1 amide bonds. The third-order valence-corrected chi connectivity index (χ3v) is 3.17. The van der Waals surface area contributed by atoms with E-state index in [4.69, 9.17) is 0 Å². The molecule has 0 saturated heterocycles. The van der Waals surface area contributed by atoms with Crippen LogP contribution in [0.5, 0.6) is 0 Å². The summed E-state index contributed by atoms with van der Waals surface area (Å²) in [6.45, 7) is 4.00. The van der Waals surface area contributed by atoms with Gasteiger partial charge in [-0.05, 0) is 30.5 Å². The van der Waals surface area contributed by atoms with Gasteiger partial charge in [0, 0.05) is 0 Å². The van der Waals surface area contributed by atoms with Gasteiger partial charge in [0.05, 0.1) is 6.21 Å². The lowest BCUT2D eigenvalue weighted by Gasteiger charge is -2.08. The van der Waals surface area contributed by atoms with Crippen LogP contribution in [0.25, 0.3) is 0 Å². The monoisotopic (exact) mass is 282 g/mol. The molecule has 2 aromatic carbocycles. The first-order chi connectivity index (χ1) is 10.1. The number of aliphatic hydroxyl groups excluding tert-OH is 1. The molecule has 2 rings (SSSR count). The first kappa shape index (κ1) is 14.9. The molecular formula is C17H18N2O2. The Labute approximate surface area is 124 Å². The number of hydrogen-bond donors (Lipinski definition) is 2. The van der Waals surface area contributed by atoms with E-state index in [1.54, 1.807) is 30.5 Å². The van der Waals surface area contributed by atoms with Gasteiger partial charge in [0.1, 0.15) is 0 Å². The van der Waals surface area contributed by atoms with E-state index < -0.39 is 12.0 Å². The van der Waals surface area contributed by atoms with Crippen LogP contribution in [-0.2, 0) is 4.79 Å². The molecule has 21 heavy (non-hydrogen) atoms. The van der Waals surface area contributed by atoms with Gasteiger partial charge in [0.25, 0.3) is 5.91 Å². The summed E-state index contributed by atoms with van der Waals surface area (Å²) in [6.07, 6.45) is 0.354. The lowest BCUT2D eigenvalue weighted by molar-refractivity contribution is -0.129. The fourth-order valence-corrected chi connectivity index (χ4v) is 1.98. The van der Waals surface area contributed by atoms with Crippen molar-refractivity contribution in [1.29, 1.82) is 0 Å². The van der Waals surface area contributed by atoms with E-state index in [0.29, 0.717) is 5.56 Å². The molecule has 0 bridgehead atoms. The second kappa shape index (κ2) is 6.81. The van der Waals surface area contributed by atoms with Gasteiger partial charge in [-0.2, -0.15) is 5.10 Å². The molecule has 0 saturated carbocycles. The third kappa shape index (κ3) is 4.00. The Morgan fingerprint density at radius 2 is 1.90 bits per heavy atom. The van der Waals surface area contributed by atoms with Gasteiger partial charge in [0.2, 0.25) is 0 Å². The number of rotatable bonds is 4. The van der Waals surface area contributed by atoms with Crippen LogP contribution in [0.1, 0.15) is 28.4 Å². The summed E-state index contributed by atoms with van der Waals surface area (Å²) in [7, 11) is 0. The van der Waals surface area contributed by atoms with Crippen molar-refractivity contribution in [1.82, 2.24) is 5.43 Å². The van der Waals surface area contributed by atoms with E-state index in [2.05, 4.69) is 10.5 Å². The Hall–Kier alpha value is -2.46. The van der Waals surface area contributed by atoms with Crippen LogP contribution in [-0.4, -0.2) is 17.2 Å². The maximum absolute atomic E-state index is 11.8. The highest BCUT2D eigenvalue weighted by atomic mass is 16.3. The van der Waals surface area contributed by atoms with Gasteiger partial charge >= 0.3 is 0 Å². The molecule has 2 aromatic rings. The summed E-state index contributed by atoms with van der Waals surface area (Å²) in [5.41, 5.74) is 6.07. The van der Waals surface area contributed by atoms with Crippen molar-refractivity contribution in [3.63, 3.8) is 0 Å². The van der Waals surface area contributed by atoms with E-state index in [0.717, 1.165) is 11.1 Å². The maximum Gasteiger partial charge on any atom is 0.273 e. The molecule has 0 aliphatic rings. The summed E-state index contributed by atoms with van der Waals surface area (Å²) < 4.78 is 0. The number of hydrogen-bond acceptors (Lipinski definition) is 3. The summed E-state index contributed by atoms with van der Waals surface area (Å²) in [5, 5.41) is 13.8. The molecule has 4 heteroatoms. The zero-order valence-electron chi connectivity index (χ0n) is 12.1. The Kier molecular flexibility index (Phi) is 4.85. The molecule has 0 spiro atoms. The minimum atomic E-state index is -1.22. The van der Waals surface area contributed by atoms with E-state index in [9.17, 15) is 9.90 Å². The van der Waals surface area contributed by atoms with Gasteiger partial charge in [0.15, 0.2) is 6.10 Å². The summed E-state index contributed by atoms with van der Waals surface area (Å²) in [5.74, 6) is -0.554. The lowest BCUT2D eigenvalue weighted by atomic mass is 10.1. The first-order valence-corrected chi connectivity index (χ1v) is 6.71. The Bertz CT molecular complexity index is 651. The fourth-order valence-electron chi connectivity index (χ4n) is 1.98. The molecule has 0 heterocycles. The van der Waals surface area contributed by atoms with Gasteiger partial charge in [-0.3, -0.25) is 4.79 Å². The van der Waals surface area contributed by atoms with Crippen molar-refractivity contribution in [3.8, 4) is 0 Å². The van der Waals surface area contributed by atoms with Crippen LogP contribution < -0.4 is 5.43 Å². The van der Waals surface area contributed by atoms with Crippen LogP contribution in [0.4, 0.5) is 0 Å². The molecule has 0 fully saturated rings. The Balaban J connectivity index is 1.99. The van der Waals surface area contributed by atoms with E-state index in [1.807, 2.05) is 38.1 Å². The van der Waals surface area contributed by atoms with Crippen LogP contribution in [0, 0.1) is 13.8 Å². The zero-order chi connectivity index (χ0) is 15.2. The number of amides is 1. The highest BCUT2D eigenvalue weighted by Gasteiger charge is 2.15. The van der Waals surface area contributed by atoms with Crippen molar-refractivity contribution >= 4 is 12.1 Å². The summed E-state index contributed by atoms with van der Waals surface area (Å²) in [4.78, 5) is 11.8. The molecule has 2 N–H and O–H groups in total. The fraction of sp³-hybridized carbons (Fsp3) is 0.176. The van der Waals surface area contributed by atoms with Gasteiger partial charge in [-0.25, -0.2) is 5.43 Å². The number of carbonyl (C=O) groups excluding carboxylic acids is 1. The van der Waals surface area contributed by atoms with Gasteiger partial charge in [-0.15, -0.1) is 0 Å². The van der Waals surface area contributed by atoms with Crippen LogP contribution >= 0.6 is 0 Å². The molecule has 0 aromatic heterocycles. The minimum absolute atomic E-state index is 0.539. The quantitative estimate of drug-likeness (QED) is 0.668. The average molecular weight is 282 g/mol. The third-order valence-electron chi connectivity index (χ3n) is 3.17. The number of nitrogens with zero attached hydrogens (tertiary/aromatic N) is 1. The first-order valence-electron chi connectivity index (χ1n) is 6.71. The van der Waals surface area contributed by atoms with Crippen molar-refractivity contribution in [2.45, 2.75) is 20.0 Å². The summed E-state index contributed by atoms with van der Waals surface area (Å²) >= 11 is 0. The van der Waals surface area contributed by atoms with E-state index in [-0.39, 0.29) is 0 Å². The molecule has 0 aliphatic carbocycles. The average Bonchev–Trinajstić information content (AvgIpc) is 2.49. The smallest absolute Gasteiger partial charge is 0.273 e. The highest BCUT2D eigenvalue weighted by Crippen LogP contribution is 2.12. The van der Waals surface area contributed by atoms with Crippen LogP contribution in [0.3, 0.4) is 0 Å². The Morgan fingerprint density at radius 1 is 1.19 bits per heavy atom. The number of carbonyl (C=O) groups is 1. The Morgan fingerprint density at radius 3 is 2.57 bits per heavy atom. The molecule has 1 atom stereocenters.